The molecule has 0 aromatic carbocycles. The maximum atomic E-state index is 12.5. The van der Waals surface area contributed by atoms with Crippen molar-refractivity contribution in [2.24, 2.45) is 0 Å². The third-order valence-corrected chi connectivity index (χ3v) is 8.17. The van der Waals surface area contributed by atoms with Crippen LogP contribution in [0, 0.1) is 0 Å². The van der Waals surface area contributed by atoms with Crippen molar-refractivity contribution < 1.29 is 42.1 Å². The minimum Gasteiger partial charge on any atom is -0.756 e. The summed E-state index contributed by atoms with van der Waals surface area (Å²) in [7, 11) is 1.14. The van der Waals surface area contributed by atoms with Crippen LogP contribution in [0.2, 0.25) is 0 Å². The summed E-state index contributed by atoms with van der Waals surface area (Å²) in [5.41, 5.74) is 0. The molecule has 47 heavy (non-hydrogen) atoms. The van der Waals surface area contributed by atoms with Crippen molar-refractivity contribution in [1.82, 2.24) is 0 Å². The molecule has 0 aromatic rings. The van der Waals surface area contributed by atoms with Gasteiger partial charge in [0.05, 0.1) is 27.7 Å². The Morgan fingerprint density at radius 1 is 0.681 bits per heavy atom. The zero-order valence-electron chi connectivity index (χ0n) is 30.2. The van der Waals surface area contributed by atoms with Gasteiger partial charge in [0.25, 0.3) is 7.82 Å². The van der Waals surface area contributed by atoms with Gasteiger partial charge in [0.2, 0.25) is 0 Å². The fraction of sp³-hybridized carbons (Fsp3) is 0.730. The Hall–Kier alpha value is -2.03. The first kappa shape index (κ1) is 45.0. The molecule has 0 saturated heterocycles. The van der Waals surface area contributed by atoms with Crippen LogP contribution in [0.1, 0.15) is 123 Å². The molecule has 0 fully saturated rings. The summed E-state index contributed by atoms with van der Waals surface area (Å²) < 4.78 is 33.6. The van der Waals surface area contributed by atoms with E-state index in [9.17, 15) is 19.0 Å². The fourth-order valence-electron chi connectivity index (χ4n) is 4.37. The van der Waals surface area contributed by atoms with E-state index in [2.05, 4.69) is 32.1 Å². The molecule has 0 spiro atoms. The number of quaternary nitrogens is 1. The van der Waals surface area contributed by atoms with E-state index < -0.39 is 32.5 Å². The van der Waals surface area contributed by atoms with Crippen molar-refractivity contribution >= 4 is 19.8 Å². The van der Waals surface area contributed by atoms with Gasteiger partial charge < -0.3 is 27.9 Å². The highest BCUT2D eigenvalue weighted by Gasteiger charge is 2.21. The SMILES string of the molecule is CC/C=C/C=C/C=C/C=C/CCCCCCCC(=O)OC[C@@H](COP(=O)([O-])OCC[N+](C)(C)C)OC(=O)CCCCCCCCCC. The third-order valence-electron chi connectivity index (χ3n) is 7.21. The summed E-state index contributed by atoms with van der Waals surface area (Å²) in [6.45, 7) is 3.99. The number of ether oxygens (including phenoxy) is 2. The lowest BCUT2D eigenvalue weighted by Crippen LogP contribution is -2.37. The second kappa shape index (κ2) is 30.1. The highest BCUT2D eigenvalue weighted by atomic mass is 31.2. The topological polar surface area (TPSA) is 111 Å². The largest absolute Gasteiger partial charge is 0.756 e. The van der Waals surface area contributed by atoms with Crippen LogP contribution in [-0.2, 0) is 32.7 Å². The van der Waals surface area contributed by atoms with E-state index in [-0.39, 0.29) is 26.1 Å². The molecular formula is C37H66NO8P. The van der Waals surface area contributed by atoms with Gasteiger partial charge >= 0.3 is 11.9 Å². The average Bonchev–Trinajstić information content (AvgIpc) is 3.01. The molecule has 0 N–H and O–H groups in total. The number of esters is 2. The van der Waals surface area contributed by atoms with Crippen LogP contribution in [0.4, 0.5) is 0 Å². The third kappa shape index (κ3) is 33.7. The molecule has 0 aliphatic rings. The standard InChI is InChI=1S/C37H66NO8P/c1-6-8-10-12-14-16-17-18-19-20-21-22-24-25-27-29-36(39)43-33-35(34-45-47(41,42)44-32-31-38(3,4)5)46-37(40)30-28-26-23-15-13-11-9-7-2/h8,10,12,14,16-19,35H,6-7,9,11,13,15,20-34H2,1-5H3/b10-8+,14-12+,17-16+,19-18+/t35-/m0/s1. The lowest BCUT2D eigenvalue weighted by Gasteiger charge is -2.28. The van der Waals surface area contributed by atoms with Crippen LogP contribution < -0.4 is 4.89 Å². The number of likely N-dealkylation sites (N-methyl/N-ethyl adjacent to an activating group) is 1. The van der Waals surface area contributed by atoms with Gasteiger partial charge in [0.15, 0.2) is 6.10 Å². The molecule has 0 aliphatic carbocycles. The van der Waals surface area contributed by atoms with E-state index in [1.165, 1.54) is 25.7 Å². The monoisotopic (exact) mass is 683 g/mol. The molecule has 0 saturated carbocycles. The van der Waals surface area contributed by atoms with Crippen LogP contribution in [0.15, 0.2) is 48.6 Å². The van der Waals surface area contributed by atoms with Crippen molar-refractivity contribution in [3.05, 3.63) is 48.6 Å². The minimum absolute atomic E-state index is 0.0363. The predicted molar refractivity (Wildman–Crippen MR) is 190 cm³/mol. The van der Waals surface area contributed by atoms with Gasteiger partial charge in [0.1, 0.15) is 19.8 Å². The number of phosphoric acid groups is 1. The second-order valence-corrected chi connectivity index (χ2v) is 14.4. The van der Waals surface area contributed by atoms with Crippen molar-refractivity contribution in [3.8, 4) is 0 Å². The van der Waals surface area contributed by atoms with Crippen molar-refractivity contribution in [2.75, 3.05) is 47.5 Å². The summed E-state index contributed by atoms with van der Waals surface area (Å²) in [6.07, 6.45) is 31.5. The number of allylic oxidation sites excluding steroid dienone is 8. The number of phosphoric ester groups is 1. The van der Waals surface area contributed by atoms with Gasteiger partial charge in [-0.15, -0.1) is 0 Å². The molecule has 0 amide bonds. The van der Waals surface area contributed by atoms with Gasteiger partial charge in [-0.05, 0) is 32.1 Å². The smallest absolute Gasteiger partial charge is 0.306 e. The molecule has 9 nitrogen and oxygen atoms in total. The minimum atomic E-state index is -4.62. The predicted octanol–water partition coefficient (Wildman–Crippen LogP) is 8.55. The first-order chi connectivity index (χ1) is 22.5. The lowest BCUT2D eigenvalue weighted by atomic mass is 10.1. The molecule has 1 unspecified atom stereocenters. The van der Waals surface area contributed by atoms with Crippen molar-refractivity contribution in [2.45, 2.75) is 129 Å². The van der Waals surface area contributed by atoms with E-state index in [1.807, 2.05) is 51.5 Å². The van der Waals surface area contributed by atoms with Crippen LogP contribution in [0.5, 0.6) is 0 Å². The van der Waals surface area contributed by atoms with Gasteiger partial charge in [-0.2, -0.15) is 0 Å². The Morgan fingerprint density at radius 2 is 1.21 bits per heavy atom. The number of carbonyl (C=O) groups is 2. The molecular weight excluding hydrogens is 617 g/mol. The van der Waals surface area contributed by atoms with Gasteiger partial charge in [-0.25, -0.2) is 0 Å². The Bertz CT molecular complexity index is 954. The van der Waals surface area contributed by atoms with E-state index in [0.717, 1.165) is 57.8 Å². The summed E-state index contributed by atoms with van der Waals surface area (Å²) in [6, 6.07) is 0. The summed E-state index contributed by atoms with van der Waals surface area (Å²) >= 11 is 0. The van der Waals surface area contributed by atoms with Crippen LogP contribution in [0.25, 0.3) is 0 Å². The van der Waals surface area contributed by atoms with Gasteiger partial charge in [-0.3, -0.25) is 14.2 Å². The van der Waals surface area contributed by atoms with E-state index in [0.29, 0.717) is 23.9 Å². The lowest BCUT2D eigenvalue weighted by molar-refractivity contribution is -0.870. The summed E-state index contributed by atoms with van der Waals surface area (Å²) in [4.78, 5) is 37.1. The Labute approximate surface area is 286 Å². The van der Waals surface area contributed by atoms with Crippen LogP contribution in [-0.4, -0.2) is 70.0 Å². The first-order valence-corrected chi connectivity index (χ1v) is 19.4. The van der Waals surface area contributed by atoms with Crippen LogP contribution in [0.3, 0.4) is 0 Å². The molecule has 0 aromatic heterocycles. The highest BCUT2D eigenvalue weighted by molar-refractivity contribution is 7.45. The first-order valence-electron chi connectivity index (χ1n) is 17.9. The molecule has 0 aliphatic heterocycles. The number of unbranched alkanes of at least 4 members (excludes halogenated alkanes) is 12. The van der Waals surface area contributed by atoms with E-state index in [1.54, 1.807) is 0 Å². The molecule has 0 rings (SSSR count). The average molecular weight is 684 g/mol. The zero-order valence-corrected chi connectivity index (χ0v) is 31.1. The quantitative estimate of drug-likeness (QED) is 0.0235. The zero-order chi connectivity index (χ0) is 35.1. The molecule has 0 bridgehead atoms. The van der Waals surface area contributed by atoms with E-state index >= 15 is 0 Å². The molecule has 0 heterocycles. The summed E-state index contributed by atoms with van der Waals surface area (Å²) in [5.74, 6) is -0.873. The Morgan fingerprint density at radius 3 is 1.81 bits per heavy atom. The molecule has 2 atom stereocenters. The van der Waals surface area contributed by atoms with Gasteiger partial charge in [-0.1, -0.05) is 127 Å². The number of hydrogen-bond acceptors (Lipinski definition) is 8. The van der Waals surface area contributed by atoms with Crippen molar-refractivity contribution in [3.63, 3.8) is 0 Å². The molecule has 0 radical (unpaired) electrons. The number of rotatable bonds is 31. The Balaban J connectivity index is 4.48. The second-order valence-electron chi connectivity index (χ2n) is 13.0. The van der Waals surface area contributed by atoms with Crippen molar-refractivity contribution in [1.29, 1.82) is 0 Å². The maximum Gasteiger partial charge on any atom is 0.306 e. The van der Waals surface area contributed by atoms with Gasteiger partial charge in [0, 0.05) is 12.8 Å². The normalized spacial score (nSPS) is 14.4. The summed E-state index contributed by atoms with van der Waals surface area (Å²) in [5, 5.41) is 0. The Kier molecular flexibility index (Phi) is 28.8. The maximum absolute atomic E-state index is 12.5. The number of hydrogen-bond donors (Lipinski definition) is 0. The van der Waals surface area contributed by atoms with Crippen LogP contribution >= 0.6 is 7.82 Å². The highest BCUT2D eigenvalue weighted by Crippen LogP contribution is 2.38. The fourth-order valence-corrected chi connectivity index (χ4v) is 5.10. The van der Waals surface area contributed by atoms with E-state index in [4.69, 9.17) is 18.5 Å². The molecule has 272 valence electrons. The number of carbonyl (C=O) groups excluding carboxylic acids is 2. The molecule has 10 heteroatoms. The number of nitrogens with zero attached hydrogens (tertiary/aromatic N) is 1.